The van der Waals surface area contributed by atoms with Gasteiger partial charge < -0.3 is 9.64 Å². The predicted octanol–water partition coefficient (Wildman–Crippen LogP) is 2.53. The van der Waals surface area contributed by atoms with Crippen molar-refractivity contribution in [1.29, 1.82) is 0 Å². The van der Waals surface area contributed by atoms with Crippen molar-refractivity contribution in [2.45, 2.75) is 51.6 Å². The summed E-state index contributed by atoms with van der Waals surface area (Å²) in [6.45, 7) is 5.95. The molecule has 2 aliphatic rings. The van der Waals surface area contributed by atoms with E-state index in [0.29, 0.717) is 12.5 Å². The van der Waals surface area contributed by atoms with Crippen LogP contribution in [-0.4, -0.2) is 52.8 Å². The van der Waals surface area contributed by atoms with Crippen LogP contribution >= 0.6 is 0 Å². The largest absolute Gasteiger partial charge is 0.380 e. The van der Waals surface area contributed by atoms with Gasteiger partial charge in [0, 0.05) is 31.8 Å². The second-order valence-corrected chi connectivity index (χ2v) is 7.17. The first-order valence-electron chi connectivity index (χ1n) is 8.66. The summed E-state index contributed by atoms with van der Waals surface area (Å²) >= 11 is 0. The number of hydrogen-bond acceptors (Lipinski definition) is 3. The predicted molar refractivity (Wildman–Crippen MR) is 84.9 cm³/mol. The van der Waals surface area contributed by atoms with Crippen molar-refractivity contribution in [2.24, 2.45) is 11.8 Å². The van der Waals surface area contributed by atoms with Crippen LogP contribution in [0.3, 0.4) is 0 Å². The van der Waals surface area contributed by atoms with Crippen molar-refractivity contribution in [3.05, 3.63) is 18.0 Å². The van der Waals surface area contributed by atoms with Crippen molar-refractivity contribution in [3.8, 4) is 0 Å². The molecule has 7 heteroatoms. The highest BCUT2D eigenvalue weighted by atomic mass is 19.3. The van der Waals surface area contributed by atoms with E-state index in [1.807, 2.05) is 10.9 Å². The number of aromatic nitrogens is 2. The Morgan fingerprint density at radius 3 is 2.92 bits per heavy atom. The standard InChI is InChI=1S/C17H25F2N3O2/c1-11(2)9-21-10-12(8-20-21)13-7-14(13)17(23)22-4-6-24-5-3-15(22)16(18)19/h8,10-11,13-16H,3-7,9H2,1-2H3/t13-,14+,15?/m0/s1. The maximum absolute atomic E-state index is 13.3. The summed E-state index contributed by atoms with van der Waals surface area (Å²) in [7, 11) is 0. The van der Waals surface area contributed by atoms with Crippen LogP contribution in [0.5, 0.6) is 0 Å². The Kier molecular flexibility index (Phi) is 5.18. The van der Waals surface area contributed by atoms with E-state index in [1.54, 1.807) is 6.20 Å². The zero-order valence-corrected chi connectivity index (χ0v) is 14.2. The number of alkyl halides is 2. The normalized spacial score (nSPS) is 27.6. The highest BCUT2D eigenvalue weighted by Gasteiger charge is 2.48. The maximum atomic E-state index is 13.3. The second-order valence-electron chi connectivity index (χ2n) is 7.17. The van der Waals surface area contributed by atoms with Crippen LogP contribution < -0.4 is 0 Å². The monoisotopic (exact) mass is 341 g/mol. The number of rotatable bonds is 5. The molecular formula is C17H25F2N3O2. The summed E-state index contributed by atoms with van der Waals surface area (Å²) in [5.74, 6) is 0.257. The lowest BCUT2D eigenvalue weighted by Gasteiger charge is -2.29. The molecule has 1 aliphatic heterocycles. The molecule has 1 aromatic rings. The molecule has 2 fully saturated rings. The fraction of sp³-hybridized carbons (Fsp3) is 0.765. The molecule has 0 N–H and O–H groups in total. The van der Waals surface area contributed by atoms with Crippen LogP contribution in [0.4, 0.5) is 8.78 Å². The summed E-state index contributed by atoms with van der Waals surface area (Å²) in [4.78, 5) is 14.1. The van der Waals surface area contributed by atoms with Gasteiger partial charge in [0.1, 0.15) is 0 Å². The molecule has 1 aromatic heterocycles. The first-order chi connectivity index (χ1) is 11.5. The molecule has 0 aromatic carbocycles. The van der Waals surface area contributed by atoms with Gasteiger partial charge in [-0.25, -0.2) is 8.78 Å². The van der Waals surface area contributed by atoms with E-state index in [0.717, 1.165) is 18.5 Å². The molecule has 3 rings (SSSR count). The van der Waals surface area contributed by atoms with Gasteiger partial charge in [-0.05, 0) is 30.2 Å². The van der Waals surface area contributed by atoms with Gasteiger partial charge >= 0.3 is 0 Å². The molecule has 5 nitrogen and oxygen atoms in total. The minimum atomic E-state index is -2.53. The second kappa shape index (κ2) is 7.17. The van der Waals surface area contributed by atoms with Crippen LogP contribution in [0.15, 0.2) is 12.4 Å². The van der Waals surface area contributed by atoms with Gasteiger partial charge in [0.2, 0.25) is 5.91 Å². The van der Waals surface area contributed by atoms with Gasteiger partial charge in [-0.3, -0.25) is 9.48 Å². The van der Waals surface area contributed by atoms with Gasteiger partial charge in [0.15, 0.2) is 0 Å². The Morgan fingerprint density at radius 2 is 2.21 bits per heavy atom. The van der Waals surface area contributed by atoms with Gasteiger partial charge in [-0.15, -0.1) is 0 Å². The Morgan fingerprint density at radius 1 is 1.42 bits per heavy atom. The molecule has 1 amide bonds. The first-order valence-corrected chi connectivity index (χ1v) is 8.66. The lowest BCUT2D eigenvalue weighted by Crippen LogP contribution is -2.45. The van der Waals surface area contributed by atoms with Crippen LogP contribution in [0.1, 0.15) is 38.2 Å². The number of ether oxygens (including phenoxy) is 1. The Balaban J connectivity index is 1.64. The van der Waals surface area contributed by atoms with Gasteiger partial charge in [0.05, 0.1) is 18.8 Å². The Hall–Kier alpha value is -1.50. The van der Waals surface area contributed by atoms with E-state index < -0.39 is 12.5 Å². The quantitative estimate of drug-likeness (QED) is 0.827. The van der Waals surface area contributed by atoms with Crippen LogP contribution in [0, 0.1) is 11.8 Å². The fourth-order valence-electron chi connectivity index (χ4n) is 3.42. The molecule has 1 unspecified atom stereocenters. The van der Waals surface area contributed by atoms with Crippen molar-refractivity contribution < 1.29 is 18.3 Å². The lowest BCUT2D eigenvalue weighted by atomic mass is 10.1. The zero-order valence-electron chi connectivity index (χ0n) is 14.2. The Bertz CT molecular complexity index is 576. The molecule has 3 atom stereocenters. The van der Waals surface area contributed by atoms with E-state index in [2.05, 4.69) is 18.9 Å². The topological polar surface area (TPSA) is 47.4 Å². The summed E-state index contributed by atoms with van der Waals surface area (Å²) in [6.07, 6.45) is 2.18. The highest BCUT2D eigenvalue weighted by molar-refractivity contribution is 5.83. The molecule has 24 heavy (non-hydrogen) atoms. The van der Waals surface area contributed by atoms with E-state index >= 15 is 0 Å². The van der Waals surface area contributed by atoms with Crippen LogP contribution in [-0.2, 0) is 16.1 Å². The summed E-state index contributed by atoms with van der Waals surface area (Å²) in [5.41, 5.74) is 1.04. The van der Waals surface area contributed by atoms with E-state index in [4.69, 9.17) is 4.74 Å². The molecule has 0 spiro atoms. The number of halogens is 2. The molecule has 1 aliphatic carbocycles. The third-order valence-electron chi connectivity index (χ3n) is 4.75. The molecular weight excluding hydrogens is 316 g/mol. The lowest BCUT2D eigenvalue weighted by molar-refractivity contribution is -0.138. The van der Waals surface area contributed by atoms with Crippen molar-refractivity contribution in [2.75, 3.05) is 19.8 Å². The number of carbonyl (C=O) groups is 1. The number of hydrogen-bond donors (Lipinski definition) is 0. The number of nitrogens with zero attached hydrogens (tertiary/aromatic N) is 3. The van der Waals surface area contributed by atoms with Crippen molar-refractivity contribution in [3.63, 3.8) is 0 Å². The summed E-state index contributed by atoms with van der Waals surface area (Å²) in [6, 6.07) is -1.02. The van der Waals surface area contributed by atoms with Crippen LogP contribution in [0.2, 0.25) is 0 Å². The first kappa shape index (κ1) is 17.3. The molecule has 2 heterocycles. The summed E-state index contributed by atoms with van der Waals surface area (Å²) in [5, 5.41) is 4.33. The fourth-order valence-corrected chi connectivity index (χ4v) is 3.42. The Labute approximate surface area is 141 Å². The number of amides is 1. The average Bonchev–Trinajstić information content (AvgIpc) is 3.25. The summed E-state index contributed by atoms with van der Waals surface area (Å²) < 4.78 is 33.7. The SMILES string of the molecule is CC(C)Cn1cc([C@@H]2C[C@H]2C(=O)N2CCOCCC2C(F)F)cn1. The molecule has 1 saturated heterocycles. The molecule has 0 radical (unpaired) electrons. The molecule has 134 valence electrons. The smallest absolute Gasteiger partial charge is 0.258 e. The maximum Gasteiger partial charge on any atom is 0.258 e. The zero-order chi connectivity index (χ0) is 17.3. The minimum absolute atomic E-state index is 0.112. The highest BCUT2D eigenvalue weighted by Crippen LogP contribution is 2.48. The van der Waals surface area contributed by atoms with E-state index in [-0.39, 0.29) is 37.3 Å². The van der Waals surface area contributed by atoms with Crippen molar-refractivity contribution in [1.82, 2.24) is 14.7 Å². The minimum Gasteiger partial charge on any atom is -0.380 e. The van der Waals surface area contributed by atoms with Gasteiger partial charge in [-0.2, -0.15) is 5.10 Å². The van der Waals surface area contributed by atoms with E-state index in [9.17, 15) is 13.6 Å². The average molecular weight is 341 g/mol. The molecule has 0 bridgehead atoms. The van der Waals surface area contributed by atoms with Crippen molar-refractivity contribution >= 4 is 5.91 Å². The van der Waals surface area contributed by atoms with E-state index in [1.165, 1.54) is 4.90 Å². The van der Waals surface area contributed by atoms with Gasteiger partial charge in [0.25, 0.3) is 6.43 Å². The van der Waals surface area contributed by atoms with Crippen LogP contribution in [0.25, 0.3) is 0 Å². The third-order valence-corrected chi connectivity index (χ3v) is 4.75. The third kappa shape index (κ3) is 3.77. The number of carbonyl (C=O) groups excluding carboxylic acids is 1. The molecule has 1 saturated carbocycles. The van der Waals surface area contributed by atoms with Gasteiger partial charge in [-0.1, -0.05) is 13.8 Å².